The number of hydrogen-bond acceptors (Lipinski definition) is 4. The summed E-state index contributed by atoms with van der Waals surface area (Å²) in [6.45, 7) is 2.04. The molecule has 0 unspecified atom stereocenters. The van der Waals surface area contributed by atoms with Crippen molar-refractivity contribution >= 4 is 0 Å². The molecule has 114 valence electrons. The summed E-state index contributed by atoms with van der Waals surface area (Å²) in [6.07, 6.45) is 10.5. The van der Waals surface area contributed by atoms with Crippen LogP contribution in [0.15, 0.2) is 23.5 Å². The second-order valence-corrected chi connectivity index (χ2v) is 5.75. The first-order valence-electron chi connectivity index (χ1n) is 7.77. The lowest BCUT2D eigenvalue weighted by atomic mass is 10.2. The van der Waals surface area contributed by atoms with Crippen LogP contribution in [-0.2, 0) is 6.42 Å². The van der Waals surface area contributed by atoms with Gasteiger partial charge in [-0.05, 0) is 19.3 Å². The summed E-state index contributed by atoms with van der Waals surface area (Å²) in [5.41, 5.74) is 1.32. The van der Waals surface area contributed by atoms with Crippen molar-refractivity contribution < 1.29 is 0 Å². The fourth-order valence-corrected chi connectivity index (χ4v) is 3.29. The van der Waals surface area contributed by atoms with E-state index in [2.05, 4.69) is 24.7 Å². The van der Waals surface area contributed by atoms with Gasteiger partial charge in [0.2, 0.25) is 5.95 Å². The Morgan fingerprint density at radius 1 is 1.32 bits per heavy atom. The number of nitrogens with one attached hydrogen (secondary N) is 1. The molecule has 0 amide bonds. The first-order chi connectivity index (χ1) is 10.8. The van der Waals surface area contributed by atoms with Crippen LogP contribution in [0.3, 0.4) is 0 Å². The van der Waals surface area contributed by atoms with E-state index >= 15 is 0 Å². The SMILES string of the molecule is CCc1[nH]n(C2CCCC2)c2nc(-n3ccnc3)nc(=O)c1-2. The fraction of sp³-hybridized carbons (Fsp3) is 0.467. The van der Waals surface area contributed by atoms with Crippen LogP contribution in [0.4, 0.5) is 0 Å². The molecule has 3 heterocycles. The minimum Gasteiger partial charge on any atom is -0.300 e. The van der Waals surface area contributed by atoms with Gasteiger partial charge in [-0.3, -0.25) is 19.1 Å². The lowest BCUT2D eigenvalue weighted by Gasteiger charge is -2.13. The molecule has 0 saturated heterocycles. The zero-order valence-electron chi connectivity index (χ0n) is 12.5. The molecular weight excluding hydrogens is 280 g/mol. The molecule has 0 bridgehead atoms. The van der Waals surface area contributed by atoms with Crippen molar-refractivity contribution in [2.45, 2.75) is 45.1 Å². The number of rotatable bonds is 3. The van der Waals surface area contributed by atoms with Gasteiger partial charge in [0.1, 0.15) is 11.9 Å². The molecule has 0 spiro atoms. The predicted octanol–water partition coefficient (Wildman–Crippen LogP) is 1.93. The monoisotopic (exact) mass is 298 g/mol. The second kappa shape index (κ2) is 5.08. The van der Waals surface area contributed by atoms with E-state index in [0.29, 0.717) is 23.4 Å². The minimum atomic E-state index is -0.224. The largest absolute Gasteiger partial charge is 0.300 e. The molecule has 1 aromatic heterocycles. The number of H-pyrrole nitrogens is 1. The molecule has 1 fully saturated rings. The van der Waals surface area contributed by atoms with Crippen molar-refractivity contribution in [2.75, 3.05) is 0 Å². The molecule has 1 aromatic rings. The van der Waals surface area contributed by atoms with Gasteiger partial charge in [0.15, 0.2) is 5.82 Å². The molecule has 1 saturated carbocycles. The first kappa shape index (κ1) is 13.2. The average molecular weight is 298 g/mol. The van der Waals surface area contributed by atoms with Crippen molar-refractivity contribution in [3.63, 3.8) is 0 Å². The number of fused-ring (bicyclic) bond motifs is 1. The third-order valence-electron chi connectivity index (χ3n) is 4.41. The Morgan fingerprint density at radius 3 is 2.82 bits per heavy atom. The minimum absolute atomic E-state index is 0.224. The number of hydrogen-bond donors (Lipinski definition) is 1. The van der Waals surface area contributed by atoms with Gasteiger partial charge >= 0.3 is 0 Å². The van der Waals surface area contributed by atoms with E-state index in [-0.39, 0.29) is 5.56 Å². The summed E-state index contributed by atoms with van der Waals surface area (Å²) >= 11 is 0. The zero-order valence-corrected chi connectivity index (χ0v) is 12.5. The van der Waals surface area contributed by atoms with Crippen LogP contribution in [0.5, 0.6) is 0 Å². The van der Waals surface area contributed by atoms with E-state index in [9.17, 15) is 4.79 Å². The standard InChI is InChI=1S/C15H18N6O/c1-2-11-12-13(21(19-11)10-5-3-4-6-10)17-15(18-14(12)22)20-8-7-16-9-20/h7-10,19H,2-6H2,1H3. The summed E-state index contributed by atoms with van der Waals surface area (Å²) in [7, 11) is 0. The third-order valence-corrected chi connectivity index (χ3v) is 4.41. The van der Waals surface area contributed by atoms with E-state index in [1.165, 1.54) is 12.8 Å². The van der Waals surface area contributed by atoms with E-state index in [4.69, 9.17) is 0 Å². The van der Waals surface area contributed by atoms with Gasteiger partial charge in [-0.2, -0.15) is 9.97 Å². The van der Waals surface area contributed by atoms with E-state index in [1.54, 1.807) is 23.3 Å². The van der Waals surface area contributed by atoms with Crippen molar-refractivity contribution in [3.05, 3.63) is 34.8 Å². The Balaban J connectivity index is 1.94. The summed E-state index contributed by atoms with van der Waals surface area (Å²) < 4.78 is 3.74. The fourth-order valence-electron chi connectivity index (χ4n) is 3.29. The van der Waals surface area contributed by atoms with Gasteiger partial charge < -0.3 is 0 Å². The smallest absolute Gasteiger partial charge is 0.285 e. The van der Waals surface area contributed by atoms with Crippen LogP contribution < -0.4 is 5.56 Å². The molecular formula is C15H18N6O. The summed E-state index contributed by atoms with van der Waals surface area (Å²) in [5, 5.41) is 3.38. The van der Waals surface area contributed by atoms with Gasteiger partial charge in [-0.25, -0.2) is 4.98 Å². The van der Waals surface area contributed by atoms with Gasteiger partial charge in [0, 0.05) is 18.1 Å². The quantitative estimate of drug-likeness (QED) is 0.801. The molecule has 0 radical (unpaired) electrons. The van der Waals surface area contributed by atoms with Gasteiger partial charge in [0.25, 0.3) is 5.56 Å². The van der Waals surface area contributed by atoms with Crippen molar-refractivity contribution in [2.24, 2.45) is 0 Å². The lowest BCUT2D eigenvalue weighted by molar-refractivity contribution is 0.464. The molecule has 1 aliphatic carbocycles. The van der Waals surface area contributed by atoms with Crippen LogP contribution in [-0.4, -0.2) is 29.3 Å². The number of aromatic amines is 1. The second-order valence-electron chi connectivity index (χ2n) is 5.75. The van der Waals surface area contributed by atoms with Crippen molar-refractivity contribution in [1.29, 1.82) is 0 Å². The Morgan fingerprint density at radius 2 is 2.14 bits per heavy atom. The zero-order chi connectivity index (χ0) is 15.1. The summed E-state index contributed by atoms with van der Waals surface area (Å²) in [5.74, 6) is 1.09. The van der Waals surface area contributed by atoms with Crippen LogP contribution in [0.2, 0.25) is 0 Å². The molecule has 22 heavy (non-hydrogen) atoms. The maximum atomic E-state index is 12.5. The van der Waals surface area contributed by atoms with Crippen molar-refractivity contribution in [1.82, 2.24) is 29.3 Å². The highest BCUT2D eigenvalue weighted by molar-refractivity contribution is 5.60. The molecule has 7 nitrogen and oxygen atoms in total. The van der Waals surface area contributed by atoms with Gasteiger partial charge in [0.05, 0.1) is 6.04 Å². The topological polar surface area (TPSA) is 81.4 Å². The highest BCUT2D eigenvalue weighted by Crippen LogP contribution is 2.33. The Kier molecular flexibility index (Phi) is 3.06. The molecule has 4 rings (SSSR count). The Hall–Kier alpha value is -2.44. The average Bonchev–Trinajstić information content (AvgIpc) is 3.26. The van der Waals surface area contributed by atoms with Crippen LogP contribution in [0.1, 0.15) is 44.3 Å². The Bertz CT molecular complexity index is 809. The maximum absolute atomic E-state index is 12.5. The normalized spacial score (nSPS) is 15.9. The Labute approximate surface area is 127 Å². The predicted molar refractivity (Wildman–Crippen MR) is 81.3 cm³/mol. The van der Waals surface area contributed by atoms with Crippen LogP contribution in [0.25, 0.3) is 17.3 Å². The van der Waals surface area contributed by atoms with Gasteiger partial charge in [-0.15, -0.1) is 0 Å². The summed E-state index contributed by atoms with van der Waals surface area (Å²) in [6, 6.07) is 0.396. The highest BCUT2D eigenvalue weighted by atomic mass is 16.1. The number of nitrogens with zero attached hydrogens (tertiary/aromatic N) is 5. The first-order valence-corrected chi connectivity index (χ1v) is 7.77. The lowest BCUT2D eigenvalue weighted by Crippen LogP contribution is -2.19. The summed E-state index contributed by atoms with van der Waals surface area (Å²) in [4.78, 5) is 25.2. The third kappa shape index (κ3) is 1.96. The highest BCUT2D eigenvalue weighted by Gasteiger charge is 2.27. The van der Waals surface area contributed by atoms with Crippen LogP contribution >= 0.6 is 0 Å². The molecule has 1 N–H and O–H groups in total. The molecule has 2 aliphatic heterocycles. The molecule has 7 heteroatoms. The molecule has 0 aromatic carbocycles. The van der Waals surface area contributed by atoms with Crippen molar-refractivity contribution in [3.8, 4) is 17.3 Å². The number of imidazole rings is 1. The van der Waals surface area contributed by atoms with E-state index in [0.717, 1.165) is 25.0 Å². The number of aromatic nitrogens is 6. The maximum Gasteiger partial charge on any atom is 0.285 e. The van der Waals surface area contributed by atoms with E-state index < -0.39 is 0 Å². The number of aryl methyl sites for hydroxylation is 1. The molecule has 0 atom stereocenters. The van der Waals surface area contributed by atoms with E-state index in [1.807, 2.05) is 6.92 Å². The van der Waals surface area contributed by atoms with Gasteiger partial charge in [-0.1, -0.05) is 19.8 Å². The van der Waals surface area contributed by atoms with Crippen LogP contribution in [0, 0.1) is 0 Å². The molecule has 3 aliphatic rings.